The van der Waals surface area contributed by atoms with Crippen LogP contribution in [0.4, 0.5) is 5.69 Å². The molecule has 1 aromatic heterocycles. The lowest BCUT2D eigenvalue weighted by Gasteiger charge is -2.00. The number of nitrogens with zero attached hydrogens (tertiary/aromatic N) is 2. The molecule has 0 spiro atoms. The van der Waals surface area contributed by atoms with Crippen LogP contribution < -0.4 is 11.1 Å². The monoisotopic (exact) mass is 254 g/mol. The van der Waals surface area contributed by atoms with Crippen molar-refractivity contribution in [3.8, 4) is 0 Å². The molecule has 0 aliphatic rings. The fourth-order valence-electron chi connectivity index (χ4n) is 1.50. The van der Waals surface area contributed by atoms with Crippen LogP contribution in [-0.4, -0.2) is 16.1 Å². The molecule has 0 saturated carbocycles. The Hall–Kier alpha value is -2.69. The molecule has 19 heavy (non-hydrogen) atoms. The second-order valence-corrected chi connectivity index (χ2v) is 3.94. The van der Waals surface area contributed by atoms with Crippen molar-refractivity contribution in [2.75, 3.05) is 5.73 Å². The van der Waals surface area contributed by atoms with E-state index in [2.05, 4.69) is 15.5 Å². The van der Waals surface area contributed by atoms with Gasteiger partial charge in [-0.05, 0) is 35.9 Å². The maximum Gasteiger partial charge on any atom is 0.244 e. The number of rotatable bonds is 4. The highest BCUT2D eigenvalue weighted by molar-refractivity contribution is 5.91. The molecule has 2 aromatic rings. The van der Waals surface area contributed by atoms with Gasteiger partial charge in [0.05, 0.1) is 12.2 Å². The number of carbonyl (C=O) groups excluding carboxylic acids is 1. The van der Waals surface area contributed by atoms with Gasteiger partial charge >= 0.3 is 0 Å². The van der Waals surface area contributed by atoms with Crippen molar-refractivity contribution in [1.82, 2.24) is 15.5 Å². The van der Waals surface area contributed by atoms with Gasteiger partial charge in [0.15, 0.2) is 0 Å². The van der Waals surface area contributed by atoms with E-state index < -0.39 is 0 Å². The van der Waals surface area contributed by atoms with Crippen molar-refractivity contribution in [3.63, 3.8) is 0 Å². The summed E-state index contributed by atoms with van der Waals surface area (Å²) in [5.41, 5.74) is 7.92. The Bertz CT molecular complexity index is 581. The normalized spacial score (nSPS) is 10.5. The van der Waals surface area contributed by atoms with Crippen LogP contribution in [0.15, 0.2) is 48.7 Å². The summed E-state index contributed by atoms with van der Waals surface area (Å²) in [6.45, 7) is 0.355. The Kier molecular flexibility index (Phi) is 4.23. The molecule has 1 heterocycles. The Morgan fingerprint density at radius 3 is 2.95 bits per heavy atom. The van der Waals surface area contributed by atoms with Gasteiger partial charge in [-0.15, -0.1) is 0 Å². The van der Waals surface area contributed by atoms with Crippen molar-refractivity contribution in [3.05, 3.63) is 59.9 Å². The first-order chi connectivity index (χ1) is 9.24. The number of aromatic nitrogens is 2. The molecule has 0 aliphatic heterocycles. The van der Waals surface area contributed by atoms with E-state index in [9.17, 15) is 4.79 Å². The van der Waals surface area contributed by atoms with E-state index in [-0.39, 0.29) is 5.91 Å². The predicted molar refractivity (Wildman–Crippen MR) is 73.8 cm³/mol. The van der Waals surface area contributed by atoms with Crippen LogP contribution in [0.25, 0.3) is 6.08 Å². The first-order valence-electron chi connectivity index (χ1n) is 5.82. The molecule has 1 amide bonds. The molecule has 0 unspecified atom stereocenters. The molecule has 5 heteroatoms. The molecule has 0 saturated heterocycles. The molecule has 2 rings (SSSR count). The Balaban J connectivity index is 1.88. The highest BCUT2D eigenvalue weighted by Gasteiger charge is 1.97. The Labute approximate surface area is 111 Å². The van der Waals surface area contributed by atoms with E-state index in [1.807, 2.05) is 12.1 Å². The number of carbonyl (C=O) groups is 1. The minimum absolute atomic E-state index is 0.187. The molecule has 1 aromatic carbocycles. The molecule has 96 valence electrons. The molecule has 0 radical (unpaired) electrons. The third-order valence-corrected chi connectivity index (χ3v) is 2.41. The molecule has 0 bridgehead atoms. The van der Waals surface area contributed by atoms with E-state index in [0.717, 1.165) is 5.56 Å². The lowest BCUT2D eigenvalue weighted by Crippen LogP contribution is -2.20. The van der Waals surface area contributed by atoms with Crippen molar-refractivity contribution < 1.29 is 4.79 Å². The van der Waals surface area contributed by atoms with Crippen molar-refractivity contribution >= 4 is 17.7 Å². The number of amides is 1. The summed E-state index contributed by atoms with van der Waals surface area (Å²) in [6.07, 6.45) is 4.76. The Morgan fingerprint density at radius 1 is 1.32 bits per heavy atom. The predicted octanol–water partition coefficient (Wildman–Crippen LogP) is 1.39. The van der Waals surface area contributed by atoms with Crippen LogP contribution in [0, 0.1) is 0 Å². The lowest BCUT2D eigenvalue weighted by atomic mass is 10.2. The lowest BCUT2D eigenvalue weighted by molar-refractivity contribution is -0.116. The largest absolute Gasteiger partial charge is 0.399 e. The van der Waals surface area contributed by atoms with Gasteiger partial charge in [-0.1, -0.05) is 12.1 Å². The maximum absolute atomic E-state index is 11.6. The zero-order valence-electron chi connectivity index (χ0n) is 10.3. The molecule has 0 atom stereocenters. The van der Waals surface area contributed by atoms with Gasteiger partial charge in [-0.2, -0.15) is 10.2 Å². The number of anilines is 1. The van der Waals surface area contributed by atoms with E-state index in [4.69, 9.17) is 5.73 Å². The Morgan fingerprint density at radius 2 is 2.21 bits per heavy atom. The summed E-state index contributed by atoms with van der Waals surface area (Å²) in [6, 6.07) is 10.9. The maximum atomic E-state index is 11.6. The number of hydrogen-bond donors (Lipinski definition) is 2. The van der Waals surface area contributed by atoms with Gasteiger partial charge < -0.3 is 11.1 Å². The van der Waals surface area contributed by atoms with Crippen LogP contribution >= 0.6 is 0 Å². The van der Waals surface area contributed by atoms with Gasteiger partial charge in [-0.25, -0.2) is 0 Å². The fraction of sp³-hybridized carbons (Fsp3) is 0.0714. The van der Waals surface area contributed by atoms with Crippen LogP contribution in [-0.2, 0) is 11.3 Å². The molecular formula is C14H14N4O. The molecule has 0 aliphatic carbocycles. The van der Waals surface area contributed by atoms with Gasteiger partial charge in [-0.3, -0.25) is 4.79 Å². The minimum Gasteiger partial charge on any atom is -0.399 e. The quantitative estimate of drug-likeness (QED) is 0.638. The summed E-state index contributed by atoms with van der Waals surface area (Å²) in [5.74, 6) is -0.187. The van der Waals surface area contributed by atoms with Crippen LogP contribution in [0.5, 0.6) is 0 Å². The number of hydrogen-bond acceptors (Lipinski definition) is 4. The minimum atomic E-state index is -0.187. The van der Waals surface area contributed by atoms with Gasteiger partial charge in [0.2, 0.25) is 5.91 Å². The van der Waals surface area contributed by atoms with E-state index >= 15 is 0 Å². The van der Waals surface area contributed by atoms with E-state index in [1.165, 1.54) is 6.08 Å². The summed E-state index contributed by atoms with van der Waals surface area (Å²) in [5, 5.41) is 10.3. The van der Waals surface area contributed by atoms with Crippen LogP contribution in [0.3, 0.4) is 0 Å². The summed E-state index contributed by atoms with van der Waals surface area (Å²) < 4.78 is 0. The first kappa shape index (κ1) is 12.8. The summed E-state index contributed by atoms with van der Waals surface area (Å²) in [4.78, 5) is 11.6. The zero-order chi connectivity index (χ0) is 13.5. The van der Waals surface area contributed by atoms with Crippen LogP contribution in [0.1, 0.15) is 11.3 Å². The smallest absolute Gasteiger partial charge is 0.244 e. The third kappa shape index (κ3) is 4.23. The highest BCUT2D eigenvalue weighted by atomic mass is 16.1. The first-order valence-corrected chi connectivity index (χ1v) is 5.82. The van der Waals surface area contributed by atoms with Gasteiger partial charge in [0.1, 0.15) is 0 Å². The number of nitrogens with one attached hydrogen (secondary N) is 1. The van der Waals surface area contributed by atoms with Crippen LogP contribution in [0.2, 0.25) is 0 Å². The van der Waals surface area contributed by atoms with E-state index in [1.54, 1.807) is 36.5 Å². The average molecular weight is 254 g/mol. The van der Waals surface area contributed by atoms with Gasteiger partial charge in [0.25, 0.3) is 0 Å². The molecule has 3 N–H and O–H groups in total. The summed E-state index contributed by atoms with van der Waals surface area (Å²) in [7, 11) is 0. The van der Waals surface area contributed by atoms with Gasteiger partial charge in [0, 0.05) is 18.0 Å². The number of benzene rings is 1. The third-order valence-electron chi connectivity index (χ3n) is 2.41. The molecule has 5 nitrogen and oxygen atoms in total. The SMILES string of the molecule is Nc1cccc(/C=C/C(=O)NCc2cccnn2)c1. The number of nitrogens with two attached hydrogens (primary N) is 1. The van der Waals surface area contributed by atoms with E-state index in [0.29, 0.717) is 17.9 Å². The molecule has 0 fully saturated rings. The number of nitrogen functional groups attached to an aromatic ring is 1. The van der Waals surface area contributed by atoms with Crippen molar-refractivity contribution in [1.29, 1.82) is 0 Å². The summed E-state index contributed by atoms with van der Waals surface area (Å²) >= 11 is 0. The van der Waals surface area contributed by atoms with Crippen molar-refractivity contribution in [2.45, 2.75) is 6.54 Å². The fourth-order valence-corrected chi connectivity index (χ4v) is 1.50. The van der Waals surface area contributed by atoms with Crippen molar-refractivity contribution in [2.24, 2.45) is 0 Å². The topological polar surface area (TPSA) is 80.9 Å². The second-order valence-electron chi connectivity index (χ2n) is 3.94. The second kappa shape index (κ2) is 6.30. The molecular weight excluding hydrogens is 240 g/mol. The standard InChI is InChI=1S/C14H14N4O/c15-12-4-1-3-11(9-12)6-7-14(19)16-10-13-5-2-8-17-18-13/h1-9H,10,15H2,(H,16,19)/b7-6+. The highest BCUT2D eigenvalue weighted by Crippen LogP contribution is 2.07. The zero-order valence-corrected chi connectivity index (χ0v) is 10.3. The average Bonchev–Trinajstić information content (AvgIpc) is 2.44.